The number of benzene rings is 2. The second-order valence-electron chi connectivity index (χ2n) is 6.56. The lowest BCUT2D eigenvalue weighted by Gasteiger charge is -2.21. The van der Waals surface area contributed by atoms with Gasteiger partial charge in [-0.2, -0.15) is 0 Å². The van der Waals surface area contributed by atoms with E-state index in [4.69, 9.17) is 9.47 Å². The lowest BCUT2D eigenvalue weighted by molar-refractivity contribution is -0.129. The Balaban J connectivity index is 1.72. The van der Waals surface area contributed by atoms with Crippen LogP contribution in [0.4, 0.5) is 0 Å². The lowest BCUT2D eigenvalue weighted by atomic mass is 10.1. The molecule has 0 fully saturated rings. The molecule has 0 aliphatic rings. The smallest absolute Gasteiger partial charge is 0.258 e. The SMILES string of the molecule is COc1cccc(CCN(CCNC(=O)COc2ccc(C)cc2)C(C)=O)c1. The zero-order chi connectivity index (χ0) is 20.4. The summed E-state index contributed by atoms with van der Waals surface area (Å²) in [6, 6.07) is 15.3. The van der Waals surface area contributed by atoms with E-state index in [2.05, 4.69) is 5.32 Å². The van der Waals surface area contributed by atoms with E-state index in [0.29, 0.717) is 25.4 Å². The Morgan fingerprint density at radius 1 is 1.04 bits per heavy atom. The number of hydrogen-bond donors (Lipinski definition) is 1. The Morgan fingerprint density at radius 3 is 2.46 bits per heavy atom. The fourth-order valence-electron chi connectivity index (χ4n) is 2.68. The van der Waals surface area contributed by atoms with Crippen molar-refractivity contribution in [2.24, 2.45) is 0 Å². The molecule has 0 heterocycles. The first kappa shape index (κ1) is 21.3. The van der Waals surface area contributed by atoms with E-state index in [0.717, 1.165) is 23.3 Å². The van der Waals surface area contributed by atoms with Crippen molar-refractivity contribution in [1.29, 1.82) is 0 Å². The quantitative estimate of drug-likeness (QED) is 0.684. The first-order valence-corrected chi connectivity index (χ1v) is 9.32. The molecule has 1 N–H and O–H groups in total. The molecule has 0 aliphatic carbocycles. The highest BCUT2D eigenvalue weighted by molar-refractivity contribution is 5.77. The maximum atomic E-state index is 11.9. The molecule has 6 heteroatoms. The lowest BCUT2D eigenvalue weighted by Crippen LogP contribution is -2.39. The van der Waals surface area contributed by atoms with Crippen molar-refractivity contribution in [2.75, 3.05) is 33.4 Å². The molecule has 0 radical (unpaired) electrons. The number of ether oxygens (including phenoxy) is 2. The van der Waals surface area contributed by atoms with Gasteiger partial charge >= 0.3 is 0 Å². The van der Waals surface area contributed by atoms with Crippen LogP contribution in [0, 0.1) is 6.92 Å². The predicted octanol–water partition coefficient (Wildman–Crippen LogP) is 2.59. The normalized spacial score (nSPS) is 10.2. The number of hydrogen-bond acceptors (Lipinski definition) is 4. The maximum absolute atomic E-state index is 11.9. The number of nitrogens with zero attached hydrogens (tertiary/aromatic N) is 1. The predicted molar refractivity (Wildman–Crippen MR) is 109 cm³/mol. The number of carbonyl (C=O) groups is 2. The van der Waals surface area contributed by atoms with Gasteiger partial charge in [0.15, 0.2) is 6.61 Å². The summed E-state index contributed by atoms with van der Waals surface area (Å²) in [5.74, 6) is 1.22. The summed E-state index contributed by atoms with van der Waals surface area (Å²) in [5.41, 5.74) is 2.23. The van der Waals surface area contributed by atoms with Crippen LogP contribution in [0.5, 0.6) is 11.5 Å². The standard InChI is InChI=1S/C22H28N2O4/c1-17-7-9-20(10-8-17)28-16-22(26)23-12-14-24(18(2)25)13-11-19-5-4-6-21(15-19)27-3/h4-10,15H,11-14,16H2,1-3H3,(H,23,26). The van der Waals surface area contributed by atoms with Crippen molar-refractivity contribution in [3.05, 3.63) is 59.7 Å². The third-order valence-corrected chi connectivity index (χ3v) is 4.34. The number of rotatable bonds is 10. The van der Waals surface area contributed by atoms with Crippen LogP contribution in [-0.2, 0) is 16.0 Å². The van der Waals surface area contributed by atoms with Crippen molar-refractivity contribution in [1.82, 2.24) is 10.2 Å². The van der Waals surface area contributed by atoms with Crippen molar-refractivity contribution >= 4 is 11.8 Å². The molecule has 6 nitrogen and oxygen atoms in total. The Morgan fingerprint density at radius 2 is 1.79 bits per heavy atom. The number of amides is 2. The zero-order valence-electron chi connectivity index (χ0n) is 16.7. The van der Waals surface area contributed by atoms with E-state index in [1.807, 2.05) is 55.5 Å². The molecule has 28 heavy (non-hydrogen) atoms. The molecule has 2 aromatic carbocycles. The van der Waals surface area contributed by atoms with Crippen molar-refractivity contribution in [3.8, 4) is 11.5 Å². The fourth-order valence-corrected chi connectivity index (χ4v) is 2.68. The molecule has 0 atom stereocenters. The fraction of sp³-hybridized carbons (Fsp3) is 0.364. The summed E-state index contributed by atoms with van der Waals surface area (Å²) < 4.78 is 10.7. The Hall–Kier alpha value is -3.02. The van der Waals surface area contributed by atoms with Crippen LogP contribution in [0.25, 0.3) is 0 Å². The number of carbonyl (C=O) groups excluding carboxylic acids is 2. The molecule has 0 saturated heterocycles. The first-order chi connectivity index (χ1) is 13.5. The molecule has 2 amide bonds. The van der Waals surface area contributed by atoms with Gasteiger partial charge in [0.2, 0.25) is 5.91 Å². The van der Waals surface area contributed by atoms with Crippen molar-refractivity contribution < 1.29 is 19.1 Å². The molecule has 0 aromatic heterocycles. The van der Waals surface area contributed by atoms with Gasteiger partial charge in [-0.15, -0.1) is 0 Å². The molecular weight excluding hydrogens is 356 g/mol. The Labute approximate surface area is 166 Å². The maximum Gasteiger partial charge on any atom is 0.258 e. The topological polar surface area (TPSA) is 67.9 Å². The van der Waals surface area contributed by atoms with Gasteiger partial charge in [0.1, 0.15) is 11.5 Å². The van der Waals surface area contributed by atoms with Crippen molar-refractivity contribution in [2.45, 2.75) is 20.3 Å². The molecule has 2 aromatic rings. The van der Waals surface area contributed by atoms with Gasteiger partial charge in [0.05, 0.1) is 7.11 Å². The molecule has 0 spiro atoms. The molecule has 0 aliphatic heterocycles. The summed E-state index contributed by atoms with van der Waals surface area (Å²) in [6.45, 7) is 4.90. The van der Waals surface area contributed by atoms with Gasteiger partial charge in [-0.3, -0.25) is 9.59 Å². The minimum absolute atomic E-state index is 0.0203. The summed E-state index contributed by atoms with van der Waals surface area (Å²) in [5, 5.41) is 2.79. The molecular formula is C22H28N2O4. The minimum atomic E-state index is -0.211. The average Bonchev–Trinajstić information content (AvgIpc) is 2.70. The van der Waals surface area contributed by atoms with Crippen LogP contribution in [0.1, 0.15) is 18.1 Å². The zero-order valence-corrected chi connectivity index (χ0v) is 16.7. The number of aryl methyl sites for hydroxylation is 1. The van der Waals surface area contributed by atoms with Gasteiger partial charge in [0.25, 0.3) is 5.91 Å². The second-order valence-corrected chi connectivity index (χ2v) is 6.56. The highest BCUT2D eigenvalue weighted by Gasteiger charge is 2.10. The third kappa shape index (κ3) is 7.31. The van der Waals surface area contributed by atoms with E-state index in [9.17, 15) is 9.59 Å². The molecule has 2 rings (SSSR count). The average molecular weight is 384 g/mol. The van der Waals surface area contributed by atoms with Crippen LogP contribution >= 0.6 is 0 Å². The first-order valence-electron chi connectivity index (χ1n) is 9.32. The van der Waals surface area contributed by atoms with Gasteiger partial charge in [-0.1, -0.05) is 29.8 Å². The third-order valence-electron chi connectivity index (χ3n) is 4.34. The molecule has 0 bridgehead atoms. The van der Waals surface area contributed by atoms with E-state index in [1.165, 1.54) is 6.92 Å². The van der Waals surface area contributed by atoms with E-state index < -0.39 is 0 Å². The second kappa shape index (κ2) is 11.0. The molecule has 0 saturated carbocycles. The van der Waals surface area contributed by atoms with Crippen LogP contribution in [0.15, 0.2) is 48.5 Å². The van der Waals surface area contributed by atoms with Gasteiger partial charge in [-0.25, -0.2) is 0 Å². The Bertz CT molecular complexity index is 774. The summed E-state index contributed by atoms with van der Waals surface area (Å²) in [6.07, 6.45) is 0.723. The van der Waals surface area contributed by atoms with Gasteiger partial charge in [0, 0.05) is 26.6 Å². The van der Waals surface area contributed by atoms with E-state index in [1.54, 1.807) is 12.0 Å². The van der Waals surface area contributed by atoms with Crippen LogP contribution < -0.4 is 14.8 Å². The molecule has 150 valence electrons. The van der Waals surface area contributed by atoms with E-state index in [-0.39, 0.29) is 18.4 Å². The van der Waals surface area contributed by atoms with Crippen LogP contribution in [0.3, 0.4) is 0 Å². The largest absolute Gasteiger partial charge is 0.497 e. The Kier molecular flexibility index (Phi) is 8.34. The number of methoxy groups -OCH3 is 1. The highest BCUT2D eigenvalue weighted by Crippen LogP contribution is 2.13. The van der Waals surface area contributed by atoms with Gasteiger partial charge < -0.3 is 19.7 Å². The van der Waals surface area contributed by atoms with Crippen LogP contribution in [0.2, 0.25) is 0 Å². The summed E-state index contributed by atoms with van der Waals surface area (Å²) in [4.78, 5) is 25.5. The van der Waals surface area contributed by atoms with Crippen LogP contribution in [-0.4, -0.2) is 50.1 Å². The van der Waals surface area contributed by atoms with Crippen molar-refractivity contribution in [3.63, 3.8) is 0 Å². The van der Waals surface area contributed by atoms with E-state index >= 15 is 0 Å². The number of nitrogens with one attached hydrogen (secondary N) is 1. The molecule has 0 unspecified atom stereocenters. The monoisotopic (exact) mass is 384 g/mol. The van der Waals surface area contributed by atoms with Gasteiger partial charge in [-0.05, 0) is 43.2 Å². The highest BCUT2D eigenvalue weighted by atomic mass is 16.5. The summed E-state index contributed by atoms with van der Waals surface area (Å²) in [7, 11) is 1.63. The minimum Gasteiger partial charge on any atom is -0.497 e. The summed E-state index contributed by atoms with van der Waals surface area (Å²) >= 11 is 0.